The molecule has 0 saturated carbocycles. The Bertz CT molecular complexity index is 2940. The fraction of sp³-hybridized carbons (Fsp3) is 0.0625. The molecule has 4 nitrogen and oxygen atoms in total. The molecule has 0 fully saturated rings. The Kier molecular flexibility index (Phi) is 6.41. The van der Waals surface area contributed by atoms with Crippen LogP contribution in [0.15, 0.2) is 176 Å². The van der Waals surface area contributed by atoms with Crippen LogP contribution in [-0.4, -0.2) is 18.5 Å². The summed E-state index contributed by atoms with van der Waals surface area (Å²) in [6.45, 7) is 0. The van der Waals surface area contributed by atoms with Crippen LogP contribution in [0.5, 0.6) is 0 Å². The number of aromatic nitrogens is 4. The van der Waals surface area contributed by atoms with Gasteiger partial charge in [0.15, 0.2) is 0 Å². The largest absolute Gasteiger partial charge is 0.309 e. The molecule has 52 heavy (non-hydrogen) atoms. The van der Waals surface area contributed by atoms with Gasteiger partial charge in [-0.3, -0.25) is 8.97 Å². The molecule has 0 spiro atoms. The predicted molar refractivity (Wildman–Crippen MR) is 214 cm³/mol. The maximum Gasteiger partial charge on any atom is 0.220 e. The second-order valence-corrected chi connectivity index (χ2v) is 13.9. The smallest absolute Gasteiger partial charge is 0.220 e. The van der Waals surface area contributed by atoms with Crippen molar-refractivity contribution in [2.75, 3.05) is 0 Å². The number of hydrogen-bond donors (Lipinski definition) is 0. The van der Waals surface area contributed by atoms with E-state index in [0.29, 0.717) is 0 Å². The number of hydrogen-bond acceptors (Lipinski definition) is 1. The molecule has 0 aliphatic heterocycles. The summed E-state index contributed by atoms with van der Waals surface area (Å²) in [5.74, 6) is 1.21. The molecular weight excluding hydrogens is 633 g/mol. The van der Waals surface area contributed by atoms with Crippen molar-refractivity contribution in [2.24, 2.45) is 0 Å². The van der Waals surface area contributed by atoms with E-state index in [1.165, 1.54) is 72.0 Å². The van der Waals surface area contributed by atoms with Crippen LogP contribution in [0.2, 0.25) is 0 Å². The monoisotopic (exact) mass is 666 g/mol. The third-order valence-corrected chi connectivity index (χ3v) is 11.1. The predicted octanol–water partition coefficient (Wildman–Crippen LogP) is 11.8. The molecule has 0 bridgehead atoms. The molecule has 10 aromatic rings. The van der Waals surface area contributed by atoms with E-state index in [1.807, 2.05) is 0 Å². The summed E-state index contributed by atoms with van der Waals surface area (Å²) in [6, 6.07) is 63.8. The first-order valence-corrected chi connectivity index (χ1v) is 18.2. The van der Waals surface area contributed by atoms with Crippen LogP contribution in [0.3, 0.4) is 0 Å². The van der Waals surface area contributed by atoms with Crippen molar-refractivity contribution in [3.8, 4) is 33.8 Å². The van der Waals surface area contributed by atoms with E-state index in [2.05, 4.69) is 189 Å². The topological polar surface area (TPSA) is 27.2 Å². The standard InChI is InChI=1S/C48H34N4/c1-3-13-32(14-4-1)33-23-26-36(27-24-33)50-42-20-10-9-18-39(42)41-31-34(25-29-43(41)50)37-28-30-46-47(40-19-8-7-17-38(37)40)49-48-51(35-15-5-2-6-16-35)44-21-11-12-22-45(44)52(46)48/h1-27,29,31,37H,28,30H2. The van der Waals surface area contributed by atoms with E-state index >= 15 is 0 Å². The Balaban J connectivity index is 1.05. The lowest BCUT2D eigenvalue weighted by Crippen LogP contribution is -2.03. The Labute approximate surface area is 301 Å². The summed E-state index contributed by atoms with van der Waals surface area (Å²) >= 11 is 0. The maximum absolute atomic E-state index is 5.47. The SMILES string of the molecule is c1ccc(-c2ccc(-n3c4ccccc4c4cc(C5CCc6c(nc7n(-c8ccccc8)c8ccccc8n67)-c6ccccc65)ccc43)cc2)cc1. The van der Waals surface area contributed by atoms with Gasteiger partial charge in [0.2, 0.25) is 5.78 Å². The summed E-state index contributed by atoms with van der Waals surface area (Å²) in [6.07, 6.45) is 1.92. The van der Waals surface area contributed by atoms with Crippen molar-refractivity contribution in [3.05, 3.63) is 193 Å². The third kappa shape index (κ3) is 4.31. The van der Waals surface area contributed by atoms with Gasteiger partial charge in [-0.1, -0.05) is 121 Å². The molecule has 0 radical (unpaired) electrons. The quantitative estimate of drug-likeness (QED) is 0.184. The lowest BCUT2D eigenvalue weighted by molar-refractivity contribution is 0.714. The molecule has 3 aromatic heterocycles. The molecule has 4 heteroatoms. The Morgan fingerprint density at radius 1 is 0.481 bits per heavy atom. The van der Waals surface area contributed by atoms with Gasteiger partial charge in [-0.05, 0) is 89.7 Å². The van der Waals surface area contributed by atoms with Gasteiger partial charge < -0.3 is 4.57 Å². The van der Waals surface area contributed by atoms with Crippen molar-refractivity contribution < 1.29 is 0 Å². The first kappa shape index (κ1) is 29.1. The summed E-state index contributed by atoms with van der Waals surface area (Å²) in [7, 11) is 0. The van der Waals surface area contributed by atoms with Crippen molar-refractivity contribution in [1.29, 1.82) is 0 Å². The number of nitrogens with zero attached hydrogens (tertiary/aromatic N) is 4. The zero-order chi connectivity index (χ0) is 34.2. The average molecular weight is 667 g/mol. The lowest BCUT2D eigenvalue weighted by atomic mass is 9.85. The number of para-hydroxylation sites is 4. The Morgan fingerprint density at radius 3 is 1.94 bits per heavy atom. The molecule has 0 N–H and O–H groups in total. The average Bonchev–Trinajstić information content (AvgIpc) is 3.82. The van der Waals surface area contributed by atoms with Crippen LogP contribution in [0.25, 0.3) is 72.4 Å². The number of imidazole rings is 2. The Morgan fingerprint density at radius 2 is 1.12 bits per heavy atom. The van der Waals surface area contributed by atoms with Crippen molar-refractivity contribution >= 4 is 38.6 Å². The van der Waals surface area contributed by atoms with Crippen LogP contribution < -0.4 is 0 Å². The molecule has 0 amide bonds. The molecule has 1 aliphatic rings. The van der Waals surface area contributed by atoms with E-state index in [0.717, 1.165) is 30.0 Å². The van der Waals surface area contributed by atoms with Crippen LogP contribution in [0, 0.1) is 0 Å². The molecule has 246 valence electrons. The second-order valence-electron chi connectivity index (χ2n) is 13.9. The summed E-state index contributed by atoms with van der Waals surface area (Å²) < 4.78 is 7.14. The fourth-order valence-corrected chi connectivity index (χ4v) is 8.79. The van der Waals surface area contributed by atoms with E-state index in [-0.39, 0.29) is 5.92 Å². The zero-order valence-corrected chi connectivity index (χ0v) is 28.5. The summed E-state index contributed by atoms with van der Waals surface area (Å²) in [4.78, 5) is 5.47. The summed E-state index contributed by atoms with van der Waals surface area (Å²) in [5, 5.41) is 2.56. The normalized spacial score (nSPS) is 14.2. The number of fused-ring (bicyclic) bond motifs is 10. The second kappa shape index (κ2) is 11.4. The molecule has 3 heterocycles. The van der Waals surface area contributed by atoms with Crippen LogP contribution >= 0.6 is 0 Å². The van der Waals surface area contributed by atoms with Crippen molar-refractivity contribution in [3.63, 3.8) is 0 Å². The molecular formula is C48H34N4. The molecule has 11 rings (SSSR count). The summed E-state index contributed by atoms with van der Waals surface area (Å²) in [5.41, 5.74) is 15.9. The van der Waals surface area contributed by atoms with E-state index < -0.39 is 0 Å². The van der Waals surface area contributed by atoms with Gasteiger partial charge in [0.1, 0.15) is 0 Å². The molecule has 1 atom stereocenters. The van der Waals surface area contributed by atoms with Gasteiger partial charge in [-0.2, -0.15) is 0 Å². The van der Waals surface area contributed by atoms with Crippen molar-refractivity contribution in [1.82, 2.24) is 18.5 Å². The number of benzene rings is 7. The highest BCUT2D eigenvalue weighted by Gasteiger charge is 2.30. The van der Waals surface area contributed by atoms with Crippen LogP contribution in [-0.2, 0) is 6.42 Å². The molecule has 1 unspecified atom stereocenters. The highest BCUT2D eigenvalue weighted by molar-refractivity contribution is 6.09. The molecule has 1 aliphatic carbocycles. The van der Waals surface area contributed by atoms with E-state index in [9.17, 15) is 0 Å². The fourth-order valence-electron chi connectivity index (χ4n) is 8.79. The highest BCUT2D eigenvalue weighted by atomic mass is 15.2. The van der Waals surface area contributed by atoms with Gasteiger partial charge in [-0.15, -0.1) is 0 Å². The van der Waals surface area contributed by atoms with Crippen LogP contribution in [0.4, 0.5) is 0 Å². The third-order valence-electron chi connectivity index (χ3n) is 11.1. The minimum Gasteiger partial charge on any atom is -0.309 e. The van der Waals surface area contributed by atoms with Crippen LogP contribution in [0.1, 0.15) is 29.2 Å². The minimum absolute atomic E-state index is 0.236. The minimum atomic E-state index is 0.236. The molecule has 0 saturated heterocycles. The van der Waals surface area contributed by atoms with E-state index in [4.69, 9.17) is 4.98 Å². The first-order chi connectivity index (χ1) is 25.8. The van der Waals surface area contributed by atoms with Gasteiger partial charge in [-0.25, -0.2) is 4.98 Å². The maximum atomic E-state index is 5.47. The van der Waals surface area contributed by atoms with Gasteiger partial charge in [0.25, 0.3) is 0 Å². The van der Waals surface area contributed by atoms with Crippen molar-refractivity contribution in [2.45, 2.75) is 18.8 Å². The molecule has 7 aromatic carbocycles. The van der Waals surface area contributed by atoms with Gasteiger partial charge >= 0.3 is 0 Å². The van der Waals surface area contributed by atoms with Gasteiger partial charge in [0.05, 0.1) is 33.5 Å². The highest BCUT2D eigenvalue weighted by Crippen LogP contribution is 2.44. The number of aryl methyl sites for hydroxylation is 1. The number of rotatable bonds is 4. The lowest BCUT2D eigenvalue weighted by Gasteiger charge is -2.19. The zero-order valence-electron chi connectivity index (χ0n) is 28.5. The van der Waals surface area contributed by atoms with Gasteiger partial charge in [0, 0.05) is 33.6 Å². The Hall–Kier alpha value is -6.65. The first-order valence-electron chi connectivity index (χ1n) is 18.2. The van der Waals surface area contributed by atoms with E-state index in [1.54, 1.807) is 0 Å².